The number of hydrogen-bond donors (Lipinski definition) is 2. The summed E-state index contributed by atoms with van der Waals surface area (Å²) in [6.45, 7) is 8.00. The van der Waals surface area contributed by atoms with E-state index in [4.69, 9.17) is 21.3 Å². The van der Waals surface area contributed by atoms with Crippen LogP contribution in [0.15, 0.2) is 35.3 Å². The van der Waals surface area contributed by atoms with Crippen LogP contribution in [-0.2, 0) is 11.3 Å². The molecule has 0 atom stereocenters. The molecule has 9 nitrogen and oxygen atoms in total. The quantitative estimate of drug-likeness (QED) is 0.152. The summed E-state index contributed by atoms with van der Waals surface area (Å²) >= 11 is 5.18. The first-order chi connectivity index (χ1) is 18.8. The second-order valence-corrected chi connectivity index (χ2v) is 16.0. The number of aromatic nitrogens is 3. The van der Waals surface area contributed by atoms with Gasteiger partial charge in [-0.05, 0) is 0 Å². The molecule has 3 aromatic rings. The van der Waals surface area contributed by atoms with Gasteiger partial charge in [0.2, 0.25) is 0 Å². The number of unbranched alkanes of at least 4 members (excludes halogenated alkanes) is 1. The van der Waals surface area contributed by atoms with Crippen molar-refractivity contribution < 1.29 is 9.53 Å². The number of benzene rings is 1. The molecule has 1 amide bonds. The number of carbonyl (C=O) groups is 1. The maximum atomic E-state index is 13.1. The molecular weight excluding hydrogens is 631 g/mol. The average Bonchev–Trinajstić information content (AvgIpc) is 2.92. The van der Waals surface area contributed by atoms with E-state index >= 15 is 0 Å². The number of amides is 1. The van der Waals surface area contributed by atoms with Gasteiger partial charge in [0, 0.05) is 7.05 Å². The van der Waals surface area contributed by atoms with Gasteiger partial charge in [-0.3, -0.25) is 4.79 Å². The molecule has 3 heterocycles. The van der Waals surface area contributed by atoms with E-state index in [9.17, 15) is 9.59 Å². The zero-order chi connectivity index (χ0) is 27.9. The molecule has 0 aliphatic carbocycles. The average molecular weight is 669 g/mol. The summed E-state index contributed by atoms with van der Waals surface area (Å²) < 4.78 is 12.3. The summed E-state index contributed by atoms with van der Waals surface area (Å²) in [7, 11) is 1.53. The van der Waals surface area contributed by atoms with Crippen molar-refractivity contribution in [3.05, 3.63) is 45.8 Å². The van der Waals surface area contributed by atoms with Crippen LogP contribution in [0.1, 0.15) is 46.5 Å². The third kappa shape index (κ3) is 7.33. The zero-order valence-electron chi connectivity index (χ0n) is 23.1. The van der Waals surface area contributed by atoms with Crippen LogP contribution in [0.2, 0.25) is 5.02 Å². The van der Waals surface area contributed by atoms with Gasteiger partial charge < -0.3 is 5.32 Å². The van der Waals surface area contributed by atoms with Gasteiger partial charge in [0.1, 0.15) is 0 Å². The molecule has 2 aromatic heterocycles. The number of ether oxygens (including phenoxy) is 1. The number of halogens is 2. The summed E-state index contributed by atoms with van der Waals surface area (Å²) in [4.78, 5) is 34.4. The van der Waals surface area contributed by atoms with Crippen LogP contribution in [0.5, 0.6) is 5.75 Å². The van der Waals surface area contributed by atoms with Crippen molar-refractivity contribution in [1.82, 2.24) is 19.9 Å². The first kappa shape index (κ1) is 29.4. The Labute approximate surface area is 242 Å². The Morgan fingerprint density at radius 3 is 2.82 bits per heavy atom. The van der Waals surface area contributed by atoms with Gasteiger partial charge >= 0.3 is 207 Å². The SMILES string of the molecule is CCCCn1c(=O)c(OCC(=O)NC)cc2cc(Nc3nc(N4CCCCI4CC(C)C)ncc3Cl)ccc21. The first-order valence-corrected chi connectivity index (χ1v) is 17.9. The summed E-state index contributed by atoms with van der Waals surface area (Å²) in [6.07, 6.45) is 5.94. The zero-order valence-corrected chi connectivity index (χ0v) is 26.0. The number of aryl methyl sites for hydroxylation is 1. The van der Waals surface area contributed by atoms with Crippen molar-refractivity contribution in [2.45, 2.75) is 53.0 Å². The Bertz CT molecular complexity index is 1370. The van der Waals surface area contributed by atoms with E-state index < -0.39 is 20.1 Å². The number of likely N-dealkylation sites (N-methyl/N-ethyl adjacent to an activating group) is 1. The van der Waals surface area contributed by atoms with Crippen molar-refractivity contribution in [2.75, 3.05) is 37.5 Å². The van der Waals surface area contributed by atoms with E-state index in [1.54, 1.807) is 16.8 Å². The van der Waals surface area contributed by atoms with E-state index in [1.807, 2.05) is 18.2 Å². The number of hydrogen-bond acceptors (Lipinski definition) is 7. The third-order valence-electron chi connectivity index (χ3n) is 6.38. The van der Waals surface area contributed by atoms with Crippen LogP contribution in [0.25, 0.3) is 10.9 Å². The molecule has 11 heteroatoms. The van der Waals surface area contributed by atoms with Crippen molar-refractivity contribution in [1.29, 1.82) is 0 Å². The minimum atomic E-state index is -1.36. The molecule has 0 spiro atoms. The molecule has 1 aromatic carbocycles. The fourth-order valence-corrected chi connectivity index (χ4v) is 11.4. The Kier molecular flexibility index (Phi) is 10.3. The van der Waals surface area contributed by atoms with Crippen molar-refractivity contribution in [3.8, 4) is 5.75 Å². The van der Waals surface area contributed by atoms with Gasteiger partial charge in [0.05, 0.1) is 0 Å². The Balaban J connectivity index is 1.66. The fraction of sp³-hybridized carbons (Fsp3) is 0.500. The molecule has 39 heavy (non-hydrogen) atoms. The van der Waals surface area contributed by atoms with Crippen LogP contribution in [-0.4, -0.2) is 49.5 Å². The van der Waals surface area contributed by atoms with Gasteiger partial charge in [0.25, 0.3) is 5.91 Å². The predicted octanol–water partition coefficient (Wildman–Crippen LogP) is 5.79. The van der Waals surface area contributed by atoms with E-state index in [1.165, 1.54) is 22.3 Å². The predicted molar refractivity (Wildman–Crippen MR) is 168 cm³/mol. The number of nitrogens with one attached hydrogen (secondary N) is 2. The summed E-state index contributed by atoms with van der Waals surface area (Å²) in [5.41, 5.74) is 1.34. The molecule has 212 valence electrons. The second-order valence-electron chi connectivity index (χ2n) is 10.0. The Morgan fingerprint density at radius 1 is 1.26 bits per heavy atom. The van der Waals surface area contributed by atoms with Gasteiger partial charge in [-0.2, -0.15) is 0 Å². The topological polar surface area (TPSA) is 101 Å². The minimum absolute atomic E-state index is 0.147. The fourth-order valence-electron chi connectivity index (χ4n) is 4.44. The molecule has 1 fully saturated rings. The van der Waals surface area contributed by atoms with Crippen LogP contribution >= 0.6 is 31.7 Å². The number of anilines is 3. The summed E-state index contributed by atoms with van der Waals surface area (Å²) in [6, 6.07) is 7.48. The van der Waals surface area contributed by atoms with Gasteiger partial charge in [-0.15, -0.1) is 0 Å². The molecule has 1 aliphatic rings. The van der Waals surface area contributed by atoms with E-state index in [-0.39, 0.29) is 23.8 Å². The van der Waals surface area contributed by atoms with E-state index in [2.05, 4.69) is 39.5 Å². The molecule has 0 unspecified atom stereocenters. The number of rotatable bonds is 11. The number of carbonyl (C=O) groups excluding carboxylic acids is 1. The molecule has 4 rings (SSSR count). The number of pyridine rings is 1. The normalized spacial score (nSPS) is 14.6. The molecule has 2 N–H and O–H groups in total. The van der Waals surface area contributed by atoms with Crippen LogP contribution < -0.4 is 24.0 Å². The monoisotopic (exact) mass is 668 g/mol. The van der Waals surface area contributed by atoms with Gasteiger partial charge in [-0.1, -0.05) is 13.3 Å². The summed E-state index contributed by atoms with van der Waals surface area (Å²) in [5.74, 6) is 1.83. The maximum absolute atomic E-state index is 13.1. The van der Waals surface area contributed by atoms with E-state index in [0.29, 0.717) is 23.3 Å². The standard InChI is InChI=1S/C28H38ClIN6O3/c1-5-6-12-35-23-10-9-21(14-20(23)15-24(27(35)38)39-18-25(37)31-4)33-26-22(29)17-32-28(34-26)36-13-8-7-11-30(36)16-19(2)3/h9-10,14-15,17,19H,5-8,11-13,16,18H2,1-4H3,(H,31,37)(H,32,33,34). The molecule has 0 radical (unpaired) electrons. The second kappa shape index (κ2) is 13.6. The van der Waals surface area contributed by atoms with Crippen LogP contribution in [0, 0.1) is 5.92 Å². The number of fused-ring (bicyclic) bond motifs is 1. The molecule has 1 aliphatic heterocycles. The van der Waals surface area contributed by atoms with Gasteiger partial charge in [0.15, 0.2) is 0 Å². The van der Waals surface area contributed by atoms with Crippen molar-refractivity contribution >= 4 is 66.0 Å². The first-order valence-electron chi connectivity index (χ1n) is 13.5. The molecule has 0 bridgehead atoms. The Hall–Kier alpha value is -2.60. The molecular formula is C28H38ClIN6O3. The Morgan fingerprint density at radius 2 is 2.08 bits per heavy atom. The van der Waals surface area contributed by atoms with Crippen LogP contribution in [0.4, 0.5) is 17.5 Å². The van der Waals surface area contributed by atoms with Crippen LogP contribution in [0.3, 0.4) is 0 Å². The van der Waals surface area contributed by atoms with Gasteiger partial charge in [-0.25, -0.2) is 0 Å². The van der Waals surface area contributed by atoms with Crippen molar-refractivity contribution in [2.24, 2.45) is 5.92 Å². The molecule has 1 saturated heterocycles. The number of alkyl halides is 2. The molecule has 0 saturated carbocycles. The van der Waals surface area contributed by atoms with Crippen molar-refractivity contribution in [3.63, 3.8) is 0 Å². The third-order valence-corrected chi connectivity index (χ3v) is 14.0. The van der Waals surface area contributed by atoms with E-state index in [0.717, 1.165) is 48.3 Å². The summed E-state index contributed by atoms with van der Waals surface area (Å²) in [5, 5.41) is 7.15. The number of nitrogens with zero attached hydrogens (tertiary/aromatic N) is 4.